The molecule has 1 saturated heterocycles. The second kappa shape index (κ2) is 8.17. The molecule has 2 aromatic carbocycles. The fourth-order valence-corrected chi connectivity index (χ4v) is 6.51. The van der Waals surface area contributed by atoms with Crippen LogP contribution in [-0.4, -0.2) is 56.0 Å². The van der Waals surface area contributed by atoms with Gasteiger partial charge in [0.1, 0.15) is 5.25 Å². The molecule has 1 unspecified atom stereocenters. The lowest BCUT2D eigenvalue weighted by Gasteiger charge is -2.36. The van der Waals surface area contributed by atoms with E-state index in [1.54, 1.807) is 24.3 Å². The van der Waals surface area contributed by atoms with Crippen molar-refractivity contribution in [3.8, 4) is 11.1 Å². The molecule has 1 aliphatic carbocycles. The molecule has 31 heavy (non-hydrogen) atoms. The fourth-order valence-electron chi connectivity index (χ4n) is 4.87. The predicted molar refractivity (Wildman–Crippen MR) is 129 cm³/mol. The Morgan fingerprint density at radius 2 is 1.55 bits per heavy atom. The molecule has 168 valence electrons. The minimum Gasteiger partial charge on any atom is -0.398 e. The number of morpholine rings is 1. The smallest absolute Gasteiger partial charge is 0.269 e. The van der Waals surface area contributed by atoms with Crippen LogP contribution in [0.3, 0.4) is 0 Å². The van der Waals surface area contributed by atoms with Gasteiger partial charge in [-0.05, 0) is 59.5 Å². The van der Waals surface area contributed by atoms with Crippen molar-refractivity contribution in [2.24, 2.45) is 0 Å². The lowest BCUT2D eigenvalue weighted by atomic mass is 9.75. The molecular weight excluding hydrogens is 454 g/mol. The summed E-state index contributed by atoms with van der Waals surface area (Å²) in [6, 6.07) is 7.19. The highest BCUT2D eigenvalue weighted by atomic mass is 32.2. The first-order valence-corrected chi connectivity index (χ1v) is 12.5. The highest BCUT2D eigenvalue weighted by molar-refractivity contribution is 7.86. The summed E-state index contributed by atoms with van der Waals surface area (Å²) >= 11 is 8.94. The molecule has 4 rings (SSSR count). The Morgan fingerprint density at radius 1 is 1.06 bits per heavy atom. The molecule has 2 aromatic rings. The number of rotatable bonds is 5. The van der Waals surface area contributed by atoms with Crippen molar-refractivity contribution in [2.75, 3.05) is 44.3 Å². The number of nitrogen functional groups attached to an aromatic ring is 2. The number of nitrogens with two attached hydrogens (primary N) is 2. The molecule has 0 amide bonds. The highest BCUT2D eigenvalue weighted by Crippen LogP contribution is 2.55. The quantitative estimate of drug-likeness (QED) is 0.253. The zero-order valence-corrected chi connectivity index (χ0v) is 19.8. The van der Waals surface area contributed by atoms with Gasteiger partial charge in [0.05, 0.1) is 13.2 Å². The Balaban J connectivity index is 1.87. The van der Waals surface area contributed by atoms with Crippen LogP contribution in [0.15, 0.2) is 34.1 Å². The zero-order valence-electron chi connectivity index (χ0n) is 17.2. The maximum Gasteiger partial charge on any atom is 0.269 e. The summed E-state index contributed by atoms with van der Waals surface area (Å²) in [7, 11) is -4.41. The molecule has 0 bridgehead atoms. The Morgan fingerprint density at radius 3 is 2.00 bits per heavy atom. The van der Waals surface area contributed by atoms with Crippen LogP contribution in [0.2, 0.25) is 0 Å². The van der Waals surface area contributed by atoms with Gasteiger partial charge in [-0.15, -0.1) is 25.3 Å². The number of nitrogens with zero attached hydrogens (tertiary/aromatic N) is 1. The molecule has 0 spiro atoms. The summed E-state index contributed by atoms with van der Waals surface area (Å²) in [5.74, 6) is 0. The summed E-state index contributed by atoms with van der Waals surface area (Å²) in [5.41, 5.74) is 15.3. The van der Waals surface area contributed by atoms with Crippen LogP contribution in [0.1, 0.15) is 24.5 Å². The van der Waals surface area contributed by atoms with Crippen molar-refractivity contribution in [1.29, 1.82) is 0 Å². The Bertz CT molecular complexity index is 1070. The number of anilines is 2. The van der Waals surface area contributed by atoms with Crippen LogP contribution < -0.4 is 11.5 Å². The van der Waals surface area contributed by atoms with Gasteiger partial charge in [-0.25, -0.2) is 0 Å². The molecule has 5 N–H and O–H groups in total. The van der Waals surface area contributed by atoms with Crippen molar-refractivity contribution in [1.82, 2.24) is 4.90 Å². The molecule has 2 aliphatic rings. The van der Waals surface area contributed by atoms with E-state index in [0.29, 0.717) is 40.9 Å². The first-order chi connectivity index (χ1) is 14.5. The Labute approximate surface area is 193 Å². The van der Waals surface area contributed by atoms with E-state index < -0.39 is 20.8 Å². The van der Waals surface area contributed by atoms with Gasteiger partial charge in [-0.2, -0.15) is 8.42 Å². The summed E-state index contributed by atoms with van der Waals surface area (Å²) in [5, 5.41) is -1.07. The second-order valence-corrected chi connectivity index (χ2v) is 10.9. The van der Waals surface area contributed by atoms with Gasteiger partial charge in [0.15, 0.2) is 0 Å². The lowest BCUT2D eigenvalue weighted by Crippen LogP contribution is -2.45. The first-order valence-electron chi connectivity index (χ1n) is 10.1. The SMILES string of the molecule is CC1(C(CCN2CCOCC2)S(=O)(=O)O)c2cc(S)c(N)cc2-c2cc(N)c(S)cc21. The van der Waals surface area contributed by atoms with Crippen LogP contribution in [0.25, 0.3) is 11.1 Å². The van der Waals surface area contributed by atoms with E-state index in [4.69, 9.17) is 16.2 Å². The molecule has 0 saturated carbocycles. The van der Waals surface area contributed by atoms with Gasteiger partial charge in [0.25, 0.3) is 10.1 Å². The summed E-state index contributed by atoms with van der Waals surface area (Å²) in [6.45, 7) is 5.07. The third-order valence-electron chi connectivity index (χ3n) is 6.56. The van der Waals surface area contributed by atoms with Crippen LogP contribution in [0.5, 0.6) is 0 Å². The second-order valence-electron chi connectivity index (χ2n) is 8.36. The molecule has 1 fully saturated rings. The van der Waals surface area contributed by atoms with Crippen molar-refractivity contribution in [3.63, 3.8) is 0 Å². The largest absolute Gasteiger partial charge is 0.398 e. The third kappa shape index (κ3) is 3.94. The van der Waals surface area contributed by atoms with E-state index in [1.165, 1.54) is 0 Å². The summed E-state index contributed by atoms with van der Waals surface area (Å²) in [6.07, 6.45) is 0.257. The number of hydrogen-bond acceptors (Lipinski definition) is 8. The van der Waals surface area contributed by atoms with E-state index in [1.807, 2.05) is 6.92 Å². The van der Waals surface area contributed by atoms with Gasteiger partial charge in [0, 0.05) is 39.7 Å². The van der Waals surface area contributed by atoms with Gasteiger partial charge >= 0.3 is 0 Å². The highest BCUT2D eigenvalue weighted by Gasteiger charge is 2.50. The average molecular weight is 482 g/mol. The summed E-state index contributed by atoms with van der Waals surface area (Å²) in [4.78, 5) is 3.26. The molecular formula is C21H27N3O4S3. The van der Waals surface area contributed by atoms with Gasteiger partial charge < -0.3 is 16.2 Å². The molecule has 10 heteroatoms. The van der Waals surface area contributed by atoms with Gasteiger partial charge in [-0.1, -0.05) is 6.92 Å². The van der Waals surface area contributed by atoms with Crippen molar-refractivity contribution in [3.05, 3.63) is 35.4 Å². The zero-order chi connectivity index (χ0) is 22.6. The minimum absolute atomic E-state index is 0.257. The molecule has 1 atom stereocenters. The maximum atomic E-state index is 12.7. The topological polar surface area (TPSA) is 119 Å². The van der Waals surface area contributed by atoms with Crippen molar-refractivity contribution < 1.29 is 17.7 Å². The van der Waals surface area contributed by atoms with E-state index in [0.717, 1.165) is 35.3 Å². The third-order valence-corrected chi connectivity index (χ3v) is 8.76. The normalized spacial score (nSPS) is 19.1. The van der Waals surface area contributed by atoms with Crippen LogP contribution >= 0.6 is 25.3 Å². The Kier molecular flexibility index (Phi) is 5.99. The number of hydrogen-bond donors (Lipinski definition) is 5. The van der Waals surface area contributed by atoms with Crippen molar-refractivity contribution >= 4 is 46.8 Å². The summed E-state index contributed by atoms with van der Waals surface area (Å²) < 4.78 is 41.2. The average Bonchev–Trinajstić information content (AvgIpc) is 2.91. The maximum absolute atomic E-state index is 12.7. The molecule has 1 aliphatic heterocycles. The van der Waals surface area contributed by atoms with Crippen molar-refractivity contribution in [2.45, 2.75) is 33.8 Å². The standard InChI is InChI=1S/C21H27N3O4S3/c1-21(20(31(25,26)27)2-3-24-4-6-28-7-5-24)14-10-18(29)16(22)8-12(14)13-9-17(23)19(30)11-15(13)21/h8-11,20,29-30H,2-7,22-23H2,1H3,(H,25,26,27). The van der Waals surface area contributed by atoms with Gasteiger partial charge in [0.2, 0.25) is 0 Å². The van der Waals surface area contributed by atoms with Crippen LogP contribution in [0, 0.1) is 0 Å². The van der Waals surface area contributed by atoms with Crippen LogP contribution in [0.4, 0.5) is 11.4 Å². The van der Waals surface area contributed by atoms with Crippen LogP contribution in [-0.2, 0) is 20.3 Å². The molecule has 7 nitrogen and oxygen atoms in total. The minimum atomic E-state index is -4.41. The number of thiol groups is 2. The number of benzene rings is 2. The molecule has 0 aromatic heterocycles. The first kappa shape index (κ1) is 22.8. The number of ether oxygens (including phenoxy) is 1. The molecule has 1 heterocycles. The monoisotopic (exact) mass is 481 g/mol. The van der Waals surface area contributed by atoms with E-state index >= 15 is 0 Å². The lowest BCUT2D eigenvalue weighted by molar-refractivity contribution is 0.0368. The number of fused-ring (bicyclic) bond motifs is 3. The van der Waals surface area contributed by atoms with E-state index in [-0.39, 0.29) is 6.42 Å². The van der Waals surface area contributed by atoms with E-state index in [2.05, 4.69) is 30.2 Å². The predicted octanol–water partition coefficient (Wildman–Crippen LogP) is 2.69. The van der Waals surface area contributed by atoms with Gasteiger partial charge in [-0.3, -0.25) is 9.45 Å². The van der Waals surface area contributed by atoms with E-state index in [9.17, 15) is 13.0 Å². The fraction of sp³-hybridized carbons (Fsp3) is 0.429. The molecule has 0 radical (unpaired) electrons. The Hall–Kier alpha value is -1.43.